The van der Waals surface area contributed by atoms with Crippen LogP contribution in [0, 0.1) is 11.6 Å². The Labute approximate surface area is 175 Å². The summed E-state index contributed by atoms with van der Waals surface area (Å²) in [5.74, 6) is -6.21. The van der Waals surface area contributed by atoms with Gasteiger partial charge in [-0.1, -0.05) is 42.5 Å². The van der Waals surface area contributed by atoms with Crippen LogP contribution >= 0.6 is 0 Å². The van der Waals surface area contributed by atoms with E-state index in [9.17, 15) is 28.3 Å². The number of benzene rings is 2. The van der Waals surface area contributed by atoms with E-state index in [1.807, 2.05) is 30.3 Å². The fourth-order valence-electron chi connectivity index (χ4n) is 3.04. The maximum Gasteiger partial charge on any atom is 0.376 e. The lowest BCUT2D eigenvalue weighted by atomic mass is 10.0. The summed E-state index contributed by atoms with van der Waals surface area (Å²) in [7, 11) is 0. The van der Waals surface area contributed by atoms with Crippen molar-refractivity contribution in [3.8, 4) is 0 Å². The minimum atomic E-state index is -1.80. The number of carbonyl (C=O) groups is 2. The van der Waals surface area contributed by atoms with Crippen molar-refractivity contribution in [2.45, 2.75) is 13.0 Å². The van der Waals surface area contributed by atoms with Crippen LogP contribution in [0.5, 0.6) is 0 Å². The molecule has 1 aromatic heterocycles. The van der Waals surface area contributed by atoms with Gasteiger partial charge in [-0.25, -0.2) is 13.6 Å². The Kier molecular flexibility index (Phi) is 6.40. The number of carboxylic acid groups (broad SMARTS) is 1. The molecule has 1 heterocycles. The molecule has 0 bridgehead atoms. The average Bonchev–Trinajstić information content (AvgIpc) is 2.74. The first-order valence-electron chi connectivity index (χ1n) is 9.14. The quantitative estimate of drug-likeness (QED) is 0.344. The molecule has 0 saturated heterocycles. The Morgan fingerprint density at radius 1 is 0.968 bits per heavy atom. The van der Waals surface area contributed by atoms with E-state index in [1.54, 1.807) is 0 Å². The van der Waals surface area contributed by atoms with E-state index < -0.39 is 34.7 Å². The molecule has 6 nitrogen and oxygen atoms in total. The lowest BCUT2D eigenvalue weighted by molar-refractivity contribution is -0.146. The summed E-state index contributed by atoms with van der Waals surface area (Å²) < 4.78 is 28.8. The summed E-state index contributed by atoms with van der Waals surface area (Å²) in [4.78, 5) is 35.1. The molecule has 0 saturated carbocycles. The highest BCUT2D eigenvalue weighted by Crippen LogP contribution is 2.16. The van der Waals surface area contributed by atoms with E-state index in [-0.39, 0.29) is 17.7 Å². The number of carboxylic acids is 1. The Bertz CT molecular complexity index is 1230. The fourth-order valence-corrected chi connectivity index (χ4v) is 3.04. The van der Waals surface area contributed by atoms with Crippen molar-refractivity contribution in [1.82, 2.24) is 4.57 Å². The molecule has 0 amide bonds. The third-order valence-electron chi connectivity index (χ3n) is 4.52. The number of hydrogen-bond donors (Lipinski definition) is 2. The van der Waals surface area contributed by atoms with Crippen LogP contribution in [-0.2, 0) is 22.6 Å². The smallest absolute Gasteiger partial charge is 0.376 e. The molecule has 3 aromatic rings. The molecule has 2 aromatic carbocycles. The van der Waals surface area contributed by atoms with Crippen LogP contribution in [0.1, 0.15) is 22.3 Å². The van der Waals surface area contributed by atoms with Crippen LogP contribution in [0.3, 0.4) is 0 Å². The Morgan fingerprint density at radius 3 is 2.35 bits per heavy atom. The Balaban J connectivity index is 2.11. The number of ketones is 1. The molecule has 0 aliphatic rings. The SMILES string of the molecule is O=C(O)C(=O)/C=C(\O)c1cc(Cc2ccccc2)cn(Cc2cccc(F)c2F)c1=O. The standard InChI is InChI=1S/C23H17F2NO5/c24-18-8-4-7-16(21(18)25)13-26-12-15(9-14-5-2-1-3-6-14)10-17(22(26)29)19(27)11-20(28)23(30)31/h1-8,10-12,27H,9,13H2,(H,30,31)/b19-11-. The van der Waals surface area contributed by atoms with Gasteiger partial charge < -0.3 is 14.8 Å². The zero-order valence-electron chi connectivity index (χ0n) is 16.1. The number of halogens is 2. The molecule has 8 heteroatoms. The van der Waals surface area contributed by atoms with Gasteiger partial charge in [0.1, 0.15) is 5.76 Å². The maximum absolute atomic E-state index is 14.1. The monoisotopic (exact) mass is 425 g/mol. The van der Waals surface area contributed by atoms with E-state index in [1.165, 1.54) is 24.4 Å². The lowest BCUT2D eigenvalue weighted by Crippen LogP contribution is -2.25. The minimum absolute atomic E-state index is 0.0880. The van der Waals surface area contributed by atoms with E-state index >= 15 is 0 Å². The van der Waals surface area contributed by atoms with Crippen molar-refractivity contribution >= 4 is 17.5 Å². The molecule has 0 aliphatic carbocycles. The number of rotatable bonds is 7. The largest absolute Gasteiger partial charge is 0.507 e. The zero-order chi connectivity index (χ0) is 22.5. The van der Waals surface area contributed by atoms with Crippen LogP contribution in [0.2, 0.25) is 0 Å². The van der Waals surface area contributed by atoms with Gasteiger partial charge in [-0.05, 0) is 29.7 Å². The molecule has 0 fully saturated rings. The first-order valence-corrected chi connectivity index (χ1v) is 9.14. The highest BCUT2D eigenvalue weighted by molar-refractivity contribution is 6.38. The fraction of sp³-hybridized carbons (Fsp3) is 0.0870. The van der Waals surface area contributed by atoms with Crippen LogP contribution in [0.4, 0.5) is 8.78 Å². The summed E-state index contributed by atoms with van der Waals surface area (Å²) in [5, 5.41) is 19.0. The number of hydrogen-bond acceptors (Lipinski definition) is 4. The van der Waals surface area contributed by atoms with Gasteiger partial charge in [-0.3, -0.25) is 9.59 Å². The predicted octanol–water partition coefficient (Wildman–Crippen LogP) is 3.32. The molecule has 3 rings (SSSR count). The van der Waals surface area contributed by atoms with E-state index in [4.69, 9.17) is 5.11 Å². The first-order chi connectivity index (χ1) is 14.8. The summed E-state index contributed by atoms with van der Waals surface area (Å²) in [6.07, 6.45) is 2.20. The molecule has 2 N–H and O–H groups in total. The van der Waals surface area contributed by atoms with Crippen LogP contribution in [-0.4, -0.2) is 26.5 Å². The summed E-state index contributed by atoms with van der Waals surface area (Å²) in [6.45, 7) is -0.335. The molecule has 0 atom stereocenters. The van der Waals surface area contributed by atoms with Gasteiger partial charge in [-0.15, -0.1) is 0 Å². The number of pyridine rings is 1. The second-order valence-corrected chi connectivity index (χ2v) is 6.77. The van der Waals surface area contributed by atoms with E-state index in [2.05, 4.69) is 0 Å². The van der Waals surface area contributed by atoms with Crippen molar-refractivity contribution < 1.29 is 28.6 Å². The second-order valence-electron chi connectivity index (χ2n) is 6.77. The van der Waals surface area contributed by atoms with Gasteiger partial charge in [0.25, 0.3) is 11.3 Å². The predicted molar refractivity (Wildman–Crippen MR) is 109 cm³/mol. The van der Waals surface area contributed by atoms with Crippen LogP contribution < -0.4 is 5.56 Å². The van der Waals surface area contributed by atoms with Crippen molar-refractivity contribution in [3.63, 3.8) is 0 Å². The third kappa shape index (κ3) is 5.11. The van der Waals surface area contributed by atoms with Gasteiger partial charge in [0.2, 0.25) is 0 Å². The van der Waals surface area contributed by atoms with Crippen molar-refractivity contribution in [2.75, 3.05) is 0 Å². The topological polar surface area (TPSA) is 96.6 Å². The van der Waals surface area contributed by atoms with Gasteiger partial charge in [0.05, 0.1) is 12.1 Å². The number of aromatic nitrogens is 1. The highest BCUT2D eigenvalue weighted by Gasteiger charge is 2.17. The van der Waals surface area contributed by atoms with Gasteiger partial charge in [-0.2, -0.15) is 0 Å². The van der Waals surface area contributed by atoms with Crippen molar-refractivity contribution in [2.24, 2.45) is 0 Å². The highest BCUT2D eigenvalue weighted by atomic mass is 19.2. The third-order valence-corrected chi connectivity index (χ3v) is 4.52. The van der Waals surface area contributed by atoms with Crippen LogP contribution in [0.15, 0.2) is 71.7 Å². The summed E-state index contributed by atoms with van der Waals surface area (Å²) in [5.41, 5.74) is 0.184. The van der Waals surface area contributed by atoms with Gasteiger partial charge >= 0.3 is 5.97 Å². The molecule has 0 spiro atoms. The average molecular weight is 425 g/mol. The van der Waals surface area contributed by atoms with Crippen molar-refractivity contribution in [3.05, 3.63) is 111 Å². The second kappa shape index (κ2) is 9.17. The first kappa shape index (κ1) is 21.6. The van der Waals surface area contributed by atoms with E-state index in [0.717, 1.165) is 16.2 Å². The Morgan fingerprint density at radius 2 is 1.68 bits per heavy atom. The lowest BCUT2D eigenvalue weighted by Gasteiger charge is -2.13. The minimum Gasteiger partial charge on any atom is -0.507 e. The van der Waals surface area contributed by atoms with E-state index in [0.29, 0.717) is 18.1 Å². The van der Waals surface area contributed by atoms with Crippen molar-refractivity contribution in [1.29, 1.82) is 0 Å². The number of aliphatic carboxylic acids is 1. The van der Waals surface area contributed by atoms with Gasteiger partial charge in [0, 0.05) is 17.8 Å². The molecule has 0 unspecified atom stereocenters. The number of aliphatic hydroxyl groups excluding tert-OH is 1. The number of nitrogens with zero attached hydrogens (tertiary/aromatic N) is 1. The zero-order valence-corrected chi connectivity index (χ0v) is 16.1. The molecular formula is C23H17F2NO5. The summed E-state index contributed by atoms with van der Waals surface area (Å²) >= 11 is 0. The molecule has 31 heavy (non-hydrogen) atoms. The number of carbonyl (C=O) groups excluding carboxylic acids is 1. The molecule has 0 radical (unpaired) electrons. The summed E-state index contributed by atoms with van der Waals surface area (Å²) in [6, 6.07) is 14.0. The molecule has 158 valence electrons. The molecular weight excluding hydrogens is 408 g/mol. The van der Waals surface area contributed by atoms with Crippen LogP contribution in [0.25, 0.3) is 5.76 Å². The maximum atomic E-state index is 14.1. The number of aliphatic hydroxyl groups is 1. The van der Waals surface area contributed by atoms with Gasteiger partial charge in [0.15, 0.2) is 11.6 Å². The normalized spacial score (nSPS) is 11.4. The molecule has 0 aliphatic heterocycles. The Hall–Kier alpha value is -4.07.